The van der Waals surface area contributed by atoms with Crippen LogP contribution in [-0.4, -0.2) is 54.9 Å². The van der Waals surface area contributed by atoms with Gasteiger partial charge in [-0.1, -0.05) is 40.5 Å². The first-order valence-corrected chi connectivity index (χ1v) is 11.6. The third-order valence-corrected chi connectivity index (χ3v) is 5.09. The van der Waals surface area contributed by atoms with Crippen LogP contribution in [0.2, 0.25) is 0 Å². The van der Waals surface area contributed by atoms with Crippen molar-refractivity contribution in [2.24, 2.45) is 17.8 Å². The van der Waals surface area contributed by atoms with Crippen LogP contribution >= 0.6 is 0 Å². The summed E-state index contributed by atoms with van der Waals surface area (Å²) < 4.78 is 10.6. The number of ether oxygens (including phenoxy) is 2. The van der Waals surface area contributed by atoms with Crippen LogP contribution in [0, 0.1) is 17.8 Å². The summed E-state index contributed by atoms with van der Waals surface area (Å²) in [5, 5.41) is 9.34. The molecule has 0 radical (unpaired) electrons. The van der Waals surface area contributed by atoms with Gasteiger partial charge >= 0.3 is 5.97 Å². The minimum atomic E-state index is -1.01. The number of carbonyl (C=O) groups is 4. The first-order valence-electron chi connectivity index (χ1n) is 11.6. The van der Waals surface area contributed by atoms with Gasteiger partial charge in [0.2, 0.25) is 0 Å². The summed E-state index contributed by atoms with van der Waals surface area (Å²) in [6.07, 6.45) is 4.49. The Kier molecular flexibility index (Phi) is 17.1. The van der Waals surface area contributed by atoms with E-state index in [0.717, 1.165) is 19.3 Å². The maximum Gasteiger partial charge on any atom is 0.306 e. The lowest BCUT2D eigenvalue weighted by Gasteiger charge is -2.11. The third-order valence-electron chi connectivity index (χ3n) is 5.09. The predicted molar refractivity (Wildman–Crippen MR) is 119 cm³/mol. The van der Waals surface area contributed by atoms with E-state index in [1.807, 2.05) is 13.8 Å². The van der Waals surface area contributed by atoms with Crippen LogP contribution in [0.25, 0.3) is 0 Å². The standard InChI is InChI=1S/C24H42O7/c1-18(2)8-5-6-9-22(26)16-20(24(28)29)11-12-21(25)10-7-13-30-14-15-31-17-23(27)19(3)4/h18-20H,5-17H2,1-4H3,(H,28,29)/t20-/m1/s1. The molecule has 0 aromatic carbocycles. The van der Waals surface area contributed by atoms with Gasteiger partial charge in [-0.05, 0) is 25.2 Å². The molecule has 0 rings (SSSR count). The van der Waals surface area contributed by atoms with Gasteiger partial charge in [0.15, 0.2) is 5.78 Å². The summed E-state index contributed by atoms with van der Waals surface area (Å²) in [7, 11) is 0. The Morgan fingerprint density at radius 3 is 2.00 bits per heavy atom. The Morgan fingerprint density at radius 1 is 0.742 bits per heavy atom. The van der Waals surface area contributed by atoms with Crippen LogP contribution in [0.1, 0.15) is 85.5 Å². The van der Waals surface area contributed by atoms with Crippen molar-refractivity contribution in [2.45, 2.75) is 85.5 Å². The number of hydrogen-bond acceptors (Lipinski definition) is 6. The van der Waals surface area contributed by atoms with E-state index in [2.05, 4.69) is 13.8 Å². The summed E-state index contributed by atoms with van der Waals surface area (Å²) in [5.74, 6) is -1.23. The Morgan fingerprint density at radius 2 is 1.39 bits per heavy atom. The summed E-state index contributed by atoms with van der Waals surface area (Å²) in [4.78, 5) is 46.9. The number of unbranched alkanes of at least 4 members (excludes halogenated alkanes) is 1. The number of carboxylic acids is 1. The summed E-state index contributed by atoms with van der Waals surface area (Å²) in [6, 6.07) is 0. The third kappa shape index (κ3) is 17.7. The fraction of sp³-hybridized carbons (Fsp3) is 0.833. The van der Waals surface area contributed by atoms with Crippen molar-refractivity contribution in [3.8, 4) is 0 Å². The molecule has 0 unspecified atom stereocenters. The van der Waals surface area contributed by atoms with Crippen molar-refractivity contribution in [3.05, 3.63) is 0 Å². The highest BCUT2D eigenvalue weighted by Crippen LogP contribution is 2.17. The van der Waals surface area contributed by atoms with Gasteiger partial charge in [0.05, 0.1) is 19.1 Å². The maximum atomic E-state index is 12.0. The molecule has 0 fully saturated rings. The average Bonchev–Trinajstić information content (AvgIpc) is 2.69. The van der Waals surface area contributed by atoms with E-state index >= 15 is 0 Å². The molecule has 31 heavy (non-hydrogen) atoms. The Labute approximate surface area is 187 Å². The van der Waals surface area contributed by atoms with Crippen LogP contribution in [0.15, 0.2) is 0 Å². The quantitative estimate of drug-likeness (QED) is 0.265. The van der Waals surface area contributed by atoms with Crippen LogP contribution in [0.4, 0.5) is 0 Å². The highest BCUT2D eigenvalue weighted by molar-refractivity contribution is 5.84. The van der Waals surface area contributed by atoms with E-state index in [9.17, 15) is 24.3 Å². The van der Waals surface area contributed by atoms with Gasteiger partial charge in [0, 0.05) is 38.2 Å². The highest BCUT2D eigenvalue weighted by atomic mass is 16.5. The SMILES string of the molecule is CC(C)CCCCC(=O)C[C@@H](CCC(=O)CCCOCCOCC(=O)C(C)C)C(=O)O. The number of ketones is 3. The first kappa shape index (κ1) is 29.4. The number of hydrogen-bond donors (Lipinski definition) is 1. The molecule has 7 nitrogen and oxygen atoms in total. The molecule has 0 aromatic heterocycles. The lowest BCUT2D eigenvalue weighted by Crippen LogP contribution is -2.19. The molecular weight excluding hydrogens is 400 g/mol. The van der Waals surface area contributed by atoms with E-state index in [4.69, 9.17) is 9.47 Å². The second kappa shape index (κ2) is 18.0. The molecule has 180 valence electrons. The molecule has 7 heteroatoms. The molecular formula is C24H42O7. The smallest absolute Gasteiger partial charge is 0.306 e. The fourth-order valence-electron chi connectivity index (χ4n) is 2.96. The molecule has 0 aliphatic rings. The molecule has 0 saturated carbocycles. The molecule has 0 aromatic rings. The molecule has 0 spiro atoms. The van der Waals surface area contributed by atoms with Gasteiger partial charge in [-0.3, -0.25) is 19.2 Å². The Hall–Kier alpha value is -1.60. The lowest BCUT2D eigenvalue weighted by atomic mass is 9.93. The molecule has 1 atom stereocenters. The van der Waals surface area contributed by atoms with Gasteiger partial charge < -0.3 is 14.6 Å². The van der Waals surface area contributed by atoms with Crippen LogP contribution in [0.3, 0.4) is 0 Å². The predicted octanol–water partition coefficient (Wildman–Crippen LogP) is 4.25. The number of Topliss-reactive ketones (excluding diaryl/α,β-unsaturated/α-hetero) is 3. The lowest BCUT2D eigenvalue weighted by molar-refractivity contribution is -0.144. The van der Waals surface area contributed by atoms with Crippen molar-refractivity contribution < 1.29 is 33.8 Å². The van der Waals surface area contributed by atoms with E-state index in [1.54, 1.807) is 0 Å². The van der Waals surface area contributed by atoms with Crippen LogP contribution in [0.5, 0.6) is 0 Å². The topological polar surface area (TPSA) is 107 Å². The number of aliphatic carboxylic acids is 1. The van der Waals surface area contributed by atoms with E-state index in [0.29, 0.717) is 45.0 Å². The van der Waals surface area contributed by atoms with E-state index in [-0.39, 0.29) is 49.1 Å². The molecule has 0 amide bonds. The van der Waals surface area contributed by atoms with E-state index in [1.165, 1.54) is 0 Å². The highest BCUT2D eigenvalue weighted by Gasteiger charge is 2.22. The monoisotopic (exact) mass is 442 g/mol. The van der Waals surface area contributed by atoms with Crippen molar-refractivity contribution in [2.75, 3.05) is 26.4 Å². The fourth-order valence-corrected chi connectivity index (χ4v) is 2.96. The maximum absolute atomic E-state index is 12.0. The zero-order valence-corrected chi connectivity index (χ0v) is 19.8. The minimum Gasteiger partial charge on any atom is -0.481 e. The summed E-state index contributed by atoms with van der Waals surface area (Å²) in [5.41, 5.74) is 0. The first-order chi connectivity index (χ1) is 14.6. The van der Waals surface area contributed by atoms with Gasteiger partial charge in [0.25, 0.3) is 0 Å². The van der Waals surface area contributed by atoms with Gasteiger partial charge in [0.1, 0.15) is 18.2 Å². The summed E-state index contributed by atoms with van der Waals surface area (Å²) >= 11 is 0. The molecule has 0 aliphatic heterocycles. The Balaban J connectivity index is 3.86. The van der Waals surface area contributed by atoms with Crippen molar-refractivity contribution in [3.63, 3.8) is 0 Å². The zero-order chi connectivity index (χ0) is 23.6. The number of carbonyl (C=O) groups excluding carboxylic acids is 3. The summed E-state index contributed by atoms with van der Waals surface area (Å²) in [6.45, 7) is 9.11. The second-order valence-electron chi connectivity index (χ2n) is 8.88. The van der Waals surface area contributed by atoms with Crippen molar-refractivity contribution >= 4 is 23.3 Å². The van der Waals surface area contributed by atoms with Crippen LogP contribution < -0.4 is 0 Å². The number of rotatable bonds is 21. The zero-order valence-electron chi connectivity index (χ0n) is 19.8. The van der Waals surface area contributed by atoms with Crippen molar-refractivity contribution in [1.29, 1.82) is 0 Å². The van der Waals surface area contributed by atoms with Gasteiger partial charge in [-0.2, -0.15) is 0 Å². The number of carboxylic acid groups (broad SMARTS) is 1. The van der Waals surface area contributed by atoms with E-state index < -0.39 is 11.9 Å². The van der Waals surface area contributed by atoms with Gasteiger partial charge in [-0.25, -0.2) is 0 Å². The minimum absolute atomic E-state index is 0.00666. The normalized spacial score (nSPS) is 12.3. The molecule has 0 aliphatic carbocycles. The second-order valence-corrected chi connectivity index (χ2v) is 8.88. The molecule has 0 bridgehead atoms. The van der Waals surface area contributed by atoms with Crippen LogP contribution in [-0.2, 0) is 28.7 Å². The Bertz CT molecular complexity index is 540. The average molecular weight is 443 g/mol. The molecule has 0 heterocycles. The van der Waals surface area contributed by atoms with Crippen molar-refractivity contribution in [1.82, 2.24) is 0 Å². The van der Waals surface area contributed by atoms with Gasteiger partial charge in [-0.15, -0.1) is 0 Å². The molecule has 0 saturated heterocycles. The molecule has 1 N–H and O–H groups in total. The largest absolute Gasteiger partial charge is 0.481 e.